The van der Waals surface area contributed by atoms with E-state index in [1.165, 1.54) is 12.1 Å². The van der Waals surface area contributed by atoms with Gasteiger partial charge in [0.1, 0.15) is 5.97 Å². The van der Waals surface area contributed by atoms with E-state index in [1.54, 1.807) is 12.1 Å². The Bertz CT molecular complexity index is 423. The maximum absolute atomic E-state index is 10.7. The molecule has 0 unspecified atom stereocenters. The Hall–Kier alpha value is -0.320. The summed E-state index contributed by atoms with van der Waals surface area (Å²) in [4.78, 5) is 20.8. The van der Waals surface area contributed by atoms with E-state index in [0.29, 0.717) is 15.6 Å². The minimum atomic E-state index is -1.75. The molecule has 0 aromatic heterocycles. The Morgan fingerprint density at radius 2 is 1.62 bits per heavy atom. The van der Waals surface area contributed by atoms with Gasteiger partial charge in [-0.3, -0.25) is 4.79 Å². The topological polar surface area (TPSA) is 57.2 Å². The molecule has 0 spiro atoms. The van der Waals surface area contributed by atoms with Crippen LogP contribution in [-0.2, 0) is 9.59 Å². The predicted octanol–water partition coefficient (Wildman–Crippen LogP) is -1.67. The second-order valence-corrected chi connectivity index (χ2v) is 3.56. The summed E-state index contributed by atoms with van der Waals surface area (Å²) in [5.74, 6) is -2.86. The number of carbonyl (C=O) groups excluding carboxylic acids is 2. The van der Waals surface area contributed by atoms with Crippen molar-refractivity contribution in [2.75, 3.05) is 0 Å². The summed E-state index contributed by atoms with van der Waals surface area (Å²) in [5.41, 5.74) is 0.544. The van der Waals surface area contributed by atoms with Gasteiger partial charge >= 0.3 is 29.6 Å². The molecule has 0 N–H and O–H groups in total. The van der Waals surface area contributed by atoms with Crippen LogP contribution in [0.2, 0.25) is 10.0 Å². The number of hydrogen-bond donors (Lipinski definition) is 0. The van der Waals surface area contributed by atoms with E-state index in [9.17, 15) is 14.7 Å². The van der Waals surface area contributed by atoms with Crippen LogP contribution in [0.5, 0.6) is 0 Å². The van der Waals surface area contributed by atoms with Crippen LogP contribution in [0.25, 0.3) is 6.08 Å². The number of carbonyl (C=O) groups is 2. The number of hydrogen-bond acceptors (Lipinski definition) is 3. The molecule has 0 aliphatic rings. The number of benzene rings is 1. The number of rotatable bonds is 3. The molecule has 0 aliphatic heterocycles. The van der Waals surface area contributed by atoms with E-state index in [2.05, 4.69) is 0 Å². The summed E-state index contributed by atoms with van der Waals surface area (Å²) < 4.78 is 0. The zero-order valence-corrected chi connectivity index (χ0v) is 11.9. The molecule has 0 radical (unpaired) electrons. The van der Waals surface area contributed by atoms with Crippen molar-refractivity contribution in [2.45, 2.75) is 0 Å². The van der Waals surface area contributed by atoms with Crippen LogP contribution in [-0.4, -0.2) is 11.8 Å². The van der Waals surface area contributed by atoms with Gasteiger partial charge in [-0.15, -0.1) is 0 Å². The quantitative estimate of drug-likeness (QED) is 0.374. The minimum absolute atomic E-state index is 0. The van der Waals surface area contributed by atoms with Gasteiger partial charge in [-0.05, 0) is 29.8 Å². The molecule has 0 heterocycles. The van der Waals surface area contributed by atoms with Gasteiger partial charge in [0.15, 0.2) is 0 Å². The summed E-state index contributed by atoms with van der Waals surface area (Å²) in [6.45, 7) is 0. The van der Waals surface area contributed by atoms with Gasteiger partial charge < -0.3 is 9.90 Å². The van der Waals surface area contributed by atoms with Crippen LogP contribution in [0, 0.1) is 0 Å². The van der Waals surface area contributed by atoms with Crippen LogP contribution in [0.15, 0.2) is 24.3 Å². The van der Waals surface area contributed by atoms with Gasteiger partial charge in [0.2, 0.25) is 5.78 Å². The third-order valence-electron chi connectivity index (χ3n) is 1.51. The average molecular weight is 267 g/mol. The Labute approximate surface area is 124 Å². The van der Waals surface area contributed by atoms with E-state index >= 15 is 0 Å². The Balaban J connectivity index is 0.00000225. The predicted molar refractivity (Wildman–Crippen MR) is 55.5 cm³/mol. The third-order valence-corrected chi connectivity index (χ3v) is 1.95. The van der Waals surface area contributed by atoms with Gasteiger partial charge in [-0.25, -0.2) is 0 Å². The molecule has 0 amide bonds. The van der Waals surface area contributed by atoms with E-state index in [-0.39, 0.29) is 29.6 Å². The molecule has 0 fully saturated rings. The zero-order valence-electron chi connectivity index (χ0n) is 8.37. The van der Waals surface area contributed by atoms with Crippen molar-refractivity contribution in [3.8, 4) is 0 Å². The molecule has 0 aliphatic carbocycles. The SMILES string of the molecule is O=C([O-])C(=O)/C=C/c1cc(Cl)cc(Cl)c1.[Na+]. The first kappa shape index (κ1) is 15.7. The van der Waals surface area contributed by atoms with E-state index < -0.39 is 11.8 Å². The molecule has 1 aromatic carbocycles. The van der Waals surface area contributed by atoms with Crippen molar-refractivity contribution in [2.24, 2.45) is 0 Å². The van der Waals surface area contributed by atoms with Crippen molar-refractivity contribution < 1.29 is 44.3 Å². The maximum atomic E-state index is 10.7. The first-order valence-corrected chi connectivity index (χ1v) is 4.64. The molecule has 0 saturated carbocycles. The van der Waals surface area contributed by atoms with Crippen molar-refractivity contribution in [1.82, 2.24) is 0 Å². The van der Waals surface area contributed by atoms with E-state index in [4.69, 9.17) is 23.2 Å². The Morgan fingerprint density at radius 3 is 2.06 bits per heavy atom. The smallest absolute Gasteiger partial charge is 0.541 e. The van der Waals surface area contributed by atoms with Crippen molar-refractivity contribution >= 4 is 41.0 Å². The van der Waals surface area contributed by atoms with Crippen LogP contribution < -0.4 is 34.7 Å². The van der Waals surface area contributed by atoms with Crippen molar-refractivity contribution in [1.29, 1.82) is 0 Å². The molecule has 0 atom stereocenters. The van der Waals surface area contributed by atoms with Gasteiger partial charge in [0.05, 0.1) is 0 Å². The second-order valence-electron chi connectivity index (χ2n) is 2.69. The summed E-state index contributed by atoms with van der Waals surface area (Å²) in [5, 5.41) is 10.9. The largest absolute Gasteiger partial charge is 1.00 e. The zero-order chi connectivity index (χ0) is 11.4. The van der Waals surface area contributed by atoms with Gasteiger partial charge in [0.25, 0.3) is 0 Å². The fourth-order valence-electron chi connectivity index (χ4n) is 0.911. The molecular weight excluding hydrogens is 262 g/mol. The molecule has 6 heteroatoms. The summed E-state index contributed by atoms with van der Waals surface area (Å²) >= 11 is 11.4. The third kappa shape index (κ3) is 5.14. The standard InChI is InChI=1S/C10H6Cl2O3.Na/c11-7-3-6(4-8(12)5-7)1-2-9(13)10(14)15;/h1-5H,(H,14,15);/q;+1/p-1/b2-1+;. The average Bonchev–Trinajstić information content (AvgIpc) is 2.12. The molecule has 1 rings (SSSR count). The van der Waals surface area contributed by atoms with Crippen LogP contribution in [0.4, 0.5) is 0 Å². The monoisotopic (exact) mass is 266 g/mol. The number of aliphatic carboxylic acids is 1. The van der Waals surface area contributed by atoms with E-state index in [0.717, 1.165) is 6.08 Å². The fraction of sp³-hybridized carbons (Fsp3) is 0. The van der Waals surface area contributed by atoms with Gasteiger partial charge in [-0.1, -0.05) is 29.3 Å². The molecule has 16 heavy (non-hydrogen) atoms. The number of carboxylic acids is 1. The minimum Gasteiger partial charge on any atom is -0.541 e. The molecule has 78 valence electrons. The normalized spacial score (nSPS) is 9.88. The van der Waals surface area contributed by atoms with Crippen LogP contribution >= 0.6 is 23.2 Å². The van der Waals surface area contributed by atoms with Crippen molar-refractivity contribution in [3.63, 3.8) is 0 Å². The molecule has 0 bridgehead atoms. The van der Waals surface area contributed by atoms with E-state index in [1.807, 2.05) is 0 Å². The van der Waals surface area contributed by atoms with Crippen LogP contribution in [0.1, 0.15) is 5.56 Å². The fourth-order valence-corrected chi connectivity index (χ4v) is 1.45. The second kappa shape index (κ2) is 7.09. The Kier molecular flexibility index (Phi) is 6.95. The van der Waals surface area contributed by atoms with Crippen LogP contribution in [0.3, 0.4) is 0 Å². The number of ketones is 1. The summed E-state index contributed by atoms with van der Waals surface area (Å²) in [7, 11) is 0. The van der Waals surface area contributed by atoms with Crippen molar-refractivity contribution in [3.05, 3.63) is 39.9 Å². The molecule has 3 nitrogen and oxygen atoms in total. The summed E-state index contributed by atoms with van der Waals surface area (Å²) in [6, 6.07) is 4.63. The number of carboxylic acid groups (broad SMARTS) is 1. The molecular formula is C10H5Cl2NaO3. The molecule has 0 saturated heterocycles. The maximum Gasteiger partial charge on any atom is 1.00 e. The summed E-state index contributed by atoms with van der Waals surface area (Å²) in [6.07, 6.45) is 2.19. The molecule has 1 aromatic rings. The first-order chi connectivity index (χ1) is 6.99. The van der Waals surface area contributed by atoms with Gasteiger partial charge in [-0.2, -0.15) is 0 Å². The first-order valence-electron chi connectivity index (χ1n) is 3.88. The Morgan fingerprint density at radius 1 is 1.12 bits per heavy atom. The van der Waals surface area contributed by atoms with Gasteiger partial charge in [0, 0.05) is 10.0 Å². The number of halogens is 2.